The molecule has 0 aliphatic carbocycles. The Morgan fingerprint density at radius 2 is 1.93 bits per heavy atom. The number of rotatable bonds is 2. The fourth-order valence-corrected chi connectivity index (χ4v) is 1.20. The van der Waals surface area contributed by atoms with Gasteiger partial charge in [0.2, 0.25) is 0 Å². The fourth-order valence-electron chi connectivity index (χ4n) is 1.01. The second kappa shape index (κ2) is 6.30. The zero-order valence-electron chi connectivity index (χ0n) is 9.30. The summed E-state index contributed by atoms with van der Waals surface area (Å²) in [5.74, 6) is -0.600. The third-order valence-corrected chi connectivity index (χ3v) is 2.17. The predicted octanol–water partition coefficient (Wildman–Crippen LogP) is 3.38. The van der Waals surface area contributed by atoms with Gasteiger partial charge < -0.3 is 9.84 Å². The van der Waals surface area contributed by atoms with Crippen LogP contribution in [0, 0.1) is 6.92 Å². The first kappa shape index (κ1) is 13.8. The molecule has 1 aromatic rings. The number of aryl methyl sites for hydroxylation is 1. The smallest absolute Gasteiger partial charge is 0.335 e. The van der Waals surface area contributed by atoms with E-state index in [1.807, 2.05) is 13.8 Å². The number of methoxy groups -OCH3 is 1. The Morgan fingerprint density at radius 1 is 1.40 bits per heavy atom. The van der Waals surface area contributed by atoms with Crippen LogP contribution in [0.1, 0.15) is 29.8 Å². The van der Waals surface area contributed by atoms with Gasteiger partial charge in [-0.2, -0.15) is 0 Å². The van der Waals surface area contributed by atoms with Gasteiger partial charge in [-0.15, -0.1) is 0 Å². The molecule has 0 heterocycles. The Balaban J connectivity index is 0.000000921. The molecule has 0 aliphatic rings. The Hall–Kier alpha value is -1.22. The molecule has 15 heavy (non-hydrogen) atoms. The molecule has 4 heteroatoms. The summed E-state index contributed by atoms with van der Waals surface area (Å²) in [4.78, 5) is 10.6. The van der Waals surface area contributed by atoms with Gasteiger partial charge in [-0.05, 0) is 24.6 Å². The van der Waals surface area contributed by atoms with Crippen LogP contribution in [0.5, 0.6) is 5.75 Å². The van der Waals surface area contributed by atoms with Crippen molar-refractivity contribution in [2.75, 3.05) is 7.11 Å². The van der Waals surface area contributed by atoms with Gasteiger partial charge in [-0.1, -0.05) is 25.4 Å². The van der Waals surface area contributed by atoms with Gasteiger partial charge in [0.25, 0.3) is 0 Å². The molecule has 1 aromatic carbocycles. The van der Waals surface area contributed by atoms with Crippen molar-refractivity contribution in [2.24, 2.45) is 0 Å². The standard InChI is InChI=1S/C9H9ClO3.C2H6/c1-5-3-6(9(11)12)4-7(13-2)8(5)10;1-2/h3-4H,1-2H3,(H,11,12);1-2H3. The average molecular weight is 231 g/mol. The van der Waals surface area contributed by atoms with E-state index in [9.17, 15) is 4.79 Å². The van der Waals surface area contributed by atoms with Gasteiger partial charge in [0.15, 0.2) is 0 Å². The van der Waals surface area contributed by atoms with E-state index in [-0.39, 0.29) is 5.56 Å². The summed E-state index contributed by atoms with van der Waals surface area (Å²) in [6.07, 6.45) is 0. The molecule has 0 aromatic heterocycles. The first-order valence-corrected chi connectivity index (χ1v) is 5.01. The van der Waals surface area contributed by atoms with Crippen LogP contribution in [0.2, 0.25) is 5.02 Å². The molecule has 0 amide bonds. The Morgan fingerprint density at radius 3 is 2.33 bits per heavy atom. The molecular formula is C11H15ClO3. The number of carbonyl (C=O) groups is 1. The molecule has 0 spiro atoms. The van der Waals surface area contributed by atoms with Crippen LogP contribution in [0.25, 0.3) is 0 Å². The van der Waals surface area contributed by atoms with Crippen molar-refractivity contribution >= 4 is 17.6 Å². The van der Waals surface area contributed by atoms with E-state index in [0.29, 0.717) is 16.3 Å². The molecule has 0 bridgehead atoms. The van der Waals surface area contributed by atoms with E-state index in [2.05, 4.69) is 0 Å². The van der Waals surface area contributed by atoms with Gasteiger partial charge in [-0.3, -0.25) is 0 Å². The Bertz CT molecular complexity index is 348. The summed E-state index contributed by atoms with van der Waals surface area (Å²) in [6.45, 7) is 5.73. The summed E-state index contributed by atoms with van der Waals surface area (Å²) in [6, 6.07) is 2.91. The van der Waals surface area contributed by atoms with E-state index >= 15 is 0 Å². The lowest BCUT2D eigenvalue weighted by Crippen LogP contribution is -1.98. The molecule has 0 saturated heterocycles. The molecule has 84 valence electrons. The van der Waals surface area contributed by atoms with Crippen molar-refractivity contribution < 1.29 is 14.6 Å². The summed E-state index contributed by atoms with van der Waals surface area (Å²) in [7, 11) is 1.45. The van der Waals surface area contributed by atoms with Crippen molar-refractivity contribution in [1.29, 1.82) is 0 Å². The maximum Gasteiger partial charge on any atom is 0.335 e. The topological polar surface area (TPSA) is 46.5 Å². The number of ether oxygens (including phenoxy) is 1. The second-order valence-electron chi connectivity index (χ2n) is 2.61. The number of hydrogen-bond donors (Lipinski definition) is 1. The summed E-state index contributed by atoms with van der Waals surface area (Å²) in [5, 5.41) is 9.17. The van der Waals surface area contributed by atoms with Gasteiger partial charge >= 0.3 is 5.97 Å². The lowest BCUT2D eigenvalue weighted by Gasteiger charge is -2.06. The number of aromatic carboxylic acids is 1. The minimum Gasteiger partial charge on any atom is -0.495 e. The van der Waals surface area contributed by atoms with E-state index in [1.165, 1.54) is 19.2 Å². The van der Waals surface area contributed by atoms with E-state index < -0.39 is 5.97 Å². The van der Waals surface area contributed by atoms with Crippen molar-refractivity contribution in [2.45, 2.75) is 20.8 Å². The quantitative estimate of drug-likeness (QED) is 0.847. The summed E-state index contributed by atoms with van der Waals surface area (Å²) >= 11 is 5.85. The zero-order chi connectivity index (χ0) is 12.0. The Kier molecular flexibility index (Phi) is 5.79. The SMILES string of the molecule is CC.COc1cc(C(=O)O)cc(C)c1Cl. The fraction of sp³-hybridized carbons (Fsp3) is 0.364. The number of carboxylic acid groups (broad SMARTS) is 1. The van der Waals surface area contributed by atoms with E-state index in [1.54, 1.807) is 6.92 Å². The highest BCUT2D eigenvalue weighted by atomic mass is 35.5. The number of halogens is 1. The lowest BCUT2D eigenvalue weighted by atomic mass is 10.1. The van der Waals surface area contributed by atoms with Crippen LogP contribution < -0.4 is 4.74 Å². The van der Waals surface area contributed by atoms with Crippen LogP contribution in [0.15, 0.2) is 12.1 Å². The molecule has 0 fully saturated rings. The Labute approximate surface area is 94.6 Å². The van der Waals surface area contributed by atoms with Gasteiger partial charge in [0, 0.05) is 0 Å². The highest BCUT2D eigenvalue weighted by molar-refractivity contribution is 6.33. The first-order chi connectivity index (χ1) is 7.06. The lowest BCUT2D eigenvalue weighted by molar-refractivity contribution is 0.0696. The largest absolute Gasteiger partial charge is 0.495 e. The molecule has 0 aliphatic heterocycles. The molecule has 1 N–H and O–H groups in total. The van der Waals surface area contributed by atoms with Crippen molar-refractivity contribution in [3.8, 4) is 5.75 Å². The molecule has 3 nitrogen and oxygen atoms in total. The van der Waals surface area contributed by atoms with Crippen LogP contribution >= 0.6 is 11.6 Å². The van der Waals surface area contributed by atoms with Gasteiger partial charge in [0.05, 0.1) is 17.7 Å². The number of hydrogen-bond acceptors (Lipinski definition) is 2. The van der Waals surface area contributed by atoms with Crippen molar-refractivity contribution in [3.05, 3.63) is 28.3 Å². The molecule has 0 unspecified atom stereocenters. The number of benzene rings is 1. The van der Waals surface area contributed by atoms with Crippen LogP contribution in [0.3, 0.4) is 0 Å². The minimum atomic E-state index is -0.988. The molecule has 0 saturated carbocycles. The predicted molar refractivity (Wildman–Crippen MR) is 61.0 cm³/mol. The van der Waals surface area contributed by atoms with Crippen molar-refractivity contribution in [3.63, 3.8) is 0 Å². The van der Waals surface area contributed by atoms with Crippen molar-refractivity contribution in [1.82, 2.24) is 0 Å². The first-order valence-electron chi connectivity index (χ1n) is 4.63. The van der Waals surface area contributed by atoms with Crippen LogP contribution in [-0.4, -0.2) is 18.2 Å². The van der Waals surface area contributed by atoms with Gasteiger partial charge in [-0.25, -0.2) is 4.79 Å². The number of carboxylic acids is 1. The third-order valence-electron chi connectivity index (χ3n) is 1.69. The molecule has 0 atom stereocenters. The molecule has 0 radical (unpaired) electrons. The van der Waals surface area contributed by atoms with Gasteiger partial charge in [0.1, 0.15) is 5.75 Å². The van der Waals surface area contributed by atoms with Crippen LogP contribution in [0.4, 0.5) is 0 Å². The zero-order valence-corrected chi connectivity index (χ0v) is 10.1. The maximum atomic E-state index is 10.6. The molecule has 1 rings (SSSR count). The maximum absolute atomic E-state index is 10.6. The monoisotopic (exact) mass is 230 g/mol. The summed E-state index contributed by atoms with van der Waals surface area (Å²) < 4.78 is 4.92. The highest BCUT2D eigenvalue weighted by Crippen LogP contribution is 2.29. The summed E-state index contributed by atoms with van der Waals surface area (Å²) in [5.41, 5.74) is 0.872. The second-order valence-corrected chi connectivity index (χ2v) is 2.99. The highest BCUT2D eigenvalue weighted by Gasteiger charge is 2.10. The van der Waals surface area contributed by atoms with E-state index in [0.717, 1.165) is 0 Å². The van der Waals surface area contributed by atoms with Crippen LogP contribution in [-0.2, 0) is 0 Å². The van der Waals surface area contributed by atoms with E-state index in [4.69, 9.17) is 21.4 Å². The average Bonchev–Trinajstić information content (AvgIpc) is 2.24. The normalized spacial score (nSPS) is 8.87. The third kappa shape index (κ3) is 3.44. The minimum absolute atomic E-state index is 0.179. The molecular weight excluding hydrogens is 216 g/mol.